The van der Waals surface area contributed by atoms with Gasteiger partial charge in [0.05, 0.1) is 11.3 Å². The summed E-state index contributed by atoms with van der Waals surface area (Å²) in [6, 6.07) is 2.64. The number of phenolic OH excluding ortho intramolecular Hbond substituents is 1. The van der Waals surface area contributed by atoms with Gasteiger partial charge in [-0.25, -0.2) is 0 Å². The third kappa shape index (κ3) is 3.81. The minimum atomic E-state index is -4.55. The van der Waals surface area contributed by atoms with Crippen LogP contribution in [0.1, 0.15) is 30.9 Å². The van der Waals surface area contributed by atoms with Gasteiger partial charge < -0.3 is 10.4 Å². The predicted molar refractivity (Wildman–Crippen MR) is 76.3 cm³/mol. The number of nitrogens with one attached hydrogen (secondary N) is 1. The van der Waals surface area contributed by atoms with Crippen LogP contribution in [-0.2, 0) is 12.7 Å². The summed E-state index contributed by atoms with van der Waals surface area (Å²) in [6.45, 7) is 4.43. The van der Waals surface area contributed by atoms with Gasteiger partial charge in [0.1, 0.15) is 0 Å². The highest BCUT2D eigenvalue weighted by molar-refractivity contribution is 5.61. The van der Waals surface area contributed by atoms with Crippen LogP contribution >= 0.6 is 0 Å². The molecule has 0 unspecified atom stereocenters. The molecular weight excluding hydrogens is 281 g/mol. The second-order valence-corrected chi connectivity index (χ2v) is 5.77. The number of nitrogens with zero attached hydrogens (tertiary/aromatic N) is 1. The summed E-state index contributed by atoms with van der Waals surface area (Å²) in [5, 5.41) is 12.3. The molecule has 1 aromatic carbocycles. The molecule has 0 radical (unpaired) electrons. The lowest BCUT2D eigenvalue weighted by molar-refractivity contribution is -0.138. The molecule has 1 heterocycles. The summed E-state index contributed by atoms with van der Waals surface area (Å²) in [4.78, 5) is 2.17. The molecule has 0 amide bonds. The molecule has 0 spiro atoms. The molecular formula is C15H21F3N2O. The highest BCUT2D eigenvalue weighted by atomic mass is 19.4. The lowest BCUT2D eigenvalue weighted by Crippen LogP contribution is -2.33. The minimum absolute atomic E-state index is 0.116. The number of hydrogen-bond acceptors (Lipinski definition) is 3. The van der Waals surface area contributed by atoms with Crippen molar-refractivity contribution in [1.82, 2.24) is 4.90 Å². The Kier molecular flexibility index (Phi) is 4.66. The van der Waals surface area contributed by atoms with Crippen LogP contribution in [0.4, 0.5) is 18.9 Å². The number of alkyl halides is 3. The fourth-order valence-electron chi connectivity index (χ4n) is 2.88. The van der Waals surface area contributed by atoms with Gasteiger partial charge >= 0.3 is 6.18 Å². The molecule has 0 aliphatic carbocycles. The van der Waals surface area contributed by atoms with Gasteiger partial charge in [0, 0.05) is 20.1 Å². The molecule has 21 heavy (non-hydrogen) atoms. The van der Waals surface area contributed by atoms with E-state index in [1.54, 1.807) is 6.07 Å². The Bertz CT molecular complexity index is 502. The third-order valence-corrected chi connectivity index (χ3v) is 3.89. The van der Waals surface area contributed by atoms with E-state index in [2.05, 4.69) is 17.1 Å². The molecule has 6 heteroatoms. The second-order valence-electron chi connectivity index (χ2n) is 5.77. The molecule has 118 valence electrons. The number of anilines is 1. The highest BCUT2D eigenvalue weighted by Gasteiger charge is 2.35. The van der Waals surface area contributed by atoms with Gasteiger partial charge in [-0.3, -0.25) is 4.90 Å². The number of likely N-dealkylation sites (tertiary alicyclic amines) is 1. The maximum absolute atomic E-state index is 13.0. The first-order valence-electron chi connectivity index (χ1n) is 7.14. The van der Waals surface area contributed by atoms with E-state index in [1.807, 2.05) is 0 Å². The van der Waals surface area contributed by atoms with E-state index in [0.29, 0.717) is 18.0 Å². The van der Waals surface area contributed by atoms with Crippen LogP contribution in [0.15, 0.2) is 12.1 Å². The smallest absolute Gasteiger partial charge is 0.420 e. The van der Waals surface area contributed by atoms with Crippen molar-refractivity contribution in [2.45, 2.75) is 32.5 Å². The average molecular weight is 302 g/mol. The fourth-order valence-corrected chi connectivity index (χ4v) is 2.88. The quantitative estimate of drug-likeness (QED) is 0.836. The van der Waals surface area contributed by atoms with E-state index < -0.39 is 17.5 Å². The van der Waals surface area contributed by atoms with Crippen LogP contribution in [0.3, 0.4) is 0 Å². The summed E-state index contributed by atoms with van der Waals surface area (Å²) in [6.07, 6.45) is -2.31. The Morgan fingerprint density at radius 1 is 1.38 bits per heavy atom. The van der Waals surface area contributed by atoms with Crippen molar-refractivity contribution >= 4 is 5.69 Å². The van der Waals surface area contributed by atoms with Crippen molar-refractivity contribution in [1.29, 1.82) is 0 Å². The van der Waals surface area contributed by atoms with Crippen molar-refractivity contribution < 1.29 is 18.3 Å². The maximum Gasteiger partial charge on any atom is 0.420 e. The molecule has 1 aromatic rings. The number of aromatic hydroxyl groups is 1. The number of benzene rings is 1. The molecule has 0 bridgehead atoms. The van der Waals surface area contributed by atoms with Crippen LogP contribution in [0.2, 0.25) is 0 Å². The molecule has 1 aliphatic heterocycles. The normalized spacial score (nSPS) is 20.5. The zero-order valence-electron chi connectivity index (χ0n) is 12.3. The molecule has 1 fully saturated rings. The van der Waals surface area contributed by atoms with E-state index >= 15 is 0 Å². The summed E-state index contributed by atoms with van der Waals surface area (Å²) >= 11 is 0. The van der Waals surface area contributed by atoms with Crippen molar-refractivity contribution in [2.75, 3.05) is 25.5 Å². The van der Waals surface area contributed by atoms with Gasteiger partial charge in [-0.05, 0) is 43.0 Å². The van der Waals surface area contributed by atoms with Crippen molar-refractivity contribution in [3.63, 3.8) is 0 Å². The zero-order chi connectivity index (χ0) is 15.6. The van der Waals surface area contributed by atoms with E-state index in [-0.39, 0.29) is 5.69 Å². The van der Waals surface area contributed by atoms with E-state index in [1.165, 1.54) is 13.5 Å². The first-order chi connectivity index (χ1) is 9.81. The number of phenols is 1. The van der Waals surface area contributed by atoms with Crippen LogP contribution < -0.4 is 5.32 Å². The van der Waals surface area contributed by atoms with Crippen LogP contribution in [-0.4, -0.2) is 30.1 Å². The van der Waals surface area contributed by atoms with Gasteiger partial charge in [-0.1, -0.05) is 6.92 Å². The molecule has 0 aromatic heterocycles. The number of piperidine rings is 1. The first-order valence-corrected chi connectivity index (χ1v) is 7.14. The Morgan fingerprint density at radius 3 is 2.67 bits per heavy atom. The lowest BCUT2D eigenvalue weighted by atomic mass is 9.99. The van der Waals surface area contributed by atoms with Crippen LogP contribution in [0, 0.1) is 5.92 Å². The topological polar surface area (TPSA) is 35.5 Å². The summed E-state index contributed by atoms with van der Waals surface area (Å²) in [7, 11) is 1.50. The van der Waals surface area contributed by atoms with Gasteiger partial charge in [0.2, 0.25) is 0 Å². The zero-order valence-corrected chi connectivity index (χ0v) is 12.3. The summed E-state index contributed by atoms with van der Waals surface area (Å²) < 4.78 is 39.0. The van der Waals surface area contributed by atoms with Gasteiger partial charge in [-0.2, -0.15) is 13.2 Å². The SMILES string of the molecule is CNc1cc(CN2CCC[C@H](C)C2)cc(C(F)(F)F)c1O. The Balaban J connectivity index is 2.27. The lowest BCUT2D eigenvalue weighted by Gasteiger charge is -2.31. The van der Waals surface area contributed by atoms with Gasteiger partial charge in [0.15, 0.2) is 5.75 Å². The number of rotatable bonds is 3. The first kappa shape index (κ1) is 15.9. The molecule has 1 atom stereocenters. The number of hydrogen-bond donors (Lipinski definition) is 2. The van der Waals surface area contributed by atoms with E-state index in [4.69, 9.17) is 0 Å². The van der Waals surface area contributed by atoms with Crippen molar-refractivity contribution in [3.8, 4) is 5.75 Å². The van der Waals surface area contributed by atoms with Crippen LogP contribution in [0.25, 0.3) is 0 Å². The molecule has 2 rings (SSSR count). The Labute approximate surface area is 122 Å². The molecule has 1 saturated heterocycles. The second kappa shape index (κ2) is 6.13. The Hall–Kier alpha value is -1.43. The largest absolute Gasteiger partial charge is 0.505 e. The molecule has 1 aliphatic rings. The highest BCUT2D eigenvalue weighted by Crippen LogP contribution is 2.40. The molecule has 3 nitrogen and oxygen atoms in total. The minimum Gasteiger partial charge on any atom is -0.505 e. The summed E-state index contributed by atoms with van der Waals surface area (Å²) in [5.74, 6) is -0.164. The van der Waals surface area contributed by atoms with E-state index in [9.17, 15) is 18.3 Å². The predicted octanol–water partition coefficient (Wildman–Crippen LogP) is 3.68. The molecule has 2 N–H and O–H groups in total. The van der Waals surface area contributed by atoms with Gasteiger partial charge in [-0.15, -0.1) is 0 Å². The standard InChI is InChI=1S/C15H21F3N2O/c1-10-4-3-5-20(8-10)9-11-6-12(15(16,17)18)14(21)13(7-11)19-2/h6-7,10,19,21H,3-5,8-9H2,1-2H3/t10-/m0/s1. The molecule has 0 saturated carbocycles. The third-order valence-electron chi connectivity index (χ3n) is 3.89. The van der Waals surface area contributed by atoms with Crippen LogP contribution in [0.5, 0.6) is 5.75 Å². The number of halogens is 3. The van der Waals surface area contributed by atoms with Gasteiger partial charge in [0.25, 0.3) is 0 Å². The monoisotopic (exact) mass is 302 g/mol. The maximum atomic E-state index is 13.0. The van der Waals surface area contributed by atoms with Crippen molar-refractivity contribution in [3.05, 3.63) is 23.3 Å². The summed E-state index contributed by atoms with van der Waals surface area (Å²) in [5.41, 5.74) is -0.294. The van der Waals surface area contributed by atoms with Crippen molar-refractivity contribution in [2.24, 2.45) is 5.92 Å². The fraction of sp³-hybridized carbons (Fsp3) is 0.600. The average Bonchev–Trinajstić information content (AvgIpc) is 2.39. The Morgan fingerprint density at radius 2 is 2.10 bits per heavy atom. The van der Waals surface area contributed by atoms with E-state index in [0.717, 1.165) is 25.6 Å².